The van der Waals surface area contributed by atoms with Crippen molar-refractivity contribution in [2.24, 2.45) is 5.14 Å². The van der Waals surface area contributed by atoms with E-state index in [0.29, 0.717) is 21.8 Å². The van der Waals surface area contributed by atoms with Crippen molar-refractivity contribution in [3.63, 3.8) is 0 Å². The first-order valence-electron chi connectivity index (χ1n) is 7.55. The van der Waals surface area contributed by atoms with Gasteiger partial charge in [-0.3, -0.25) is 4.79 Å². The van der Waals surface area contributed by atoms with Crippen molar-refractivity contribution in [1.29, 1.82) is 0 Å². The maximum absolute atomic E-state index is 12.6. The number of sulfonamides is 1. The highest BCUT2D eigenvalue weighted by molar-refractivity contribution is 7.89. The predicted molar refractivity (Wildman–Crippen MR) is 95.4 cm³/mol. The van der Waals surface area contributed by atoms with Gasteiger partial charge in [0.25, 0.3) is 5.91 Å². The van der Waals surface area contributed by atoms with Crippen LogP contribution in [-0.2, 0) is 26.0 Å². The van der Waals surface area contributed by atoms with Gasteiger partial charge in [-0.05, 0) is 55.0 Å². The Hall–Kier alpha value is -2.42. The van der Waals surface area contributed by atoms with Crippen molar-refractivity contribution in [3.05, 3.63) is 58.6 Å². The first-order chi connectivity index (χ1) is 12.1. The number of hydrogen-bond acceptors (Lipinski definition) is 5. The van der Waals surface area contributed by atoms with E-state index in [-0.39, 0.29) is 11.3 Å². The highest BCUT2D eigenvalue weighted by atomic mass is 35.5. The van der Waals surface area contributed by atoms with Gasteiger partial charge >= 0.3 is 5.97 Å². The molecule has 0 saturated heterocycles. The number of carbonyl (C=O) groups is 2. The Kier molecular flexibility index (Phi) is 4.51. The number of esters is 1. The molecule has 0 saturated carbocycles. The molecule has 1 aliphatic heterocycles. The lowest BCUT2D eigenvalue weighted by atomic mass is 9.89. The van der Waals surface area contributed by atoms with E-state index in [4.69, 9.17) is 21.5 Å². The average molecular weight is 395 g/mol. The Labute approximate surface area is 155 Å². The van der Waals surface area contributed by atoms with E-state index in [2.05, 4.69) is 5.32 Å². The molecule has 26 heavy (non-hydrogen) atoms. The molecule has 3 rings (SSSR count). The monoisotopic (exact) mass is 394 g/mol. The number of anilines is 1. The molecule has 7 nitrogen and oxygen atoms in total. The van der Waals surface area contributed by atoms with Gasteiger partial charge in [-0.15, -0.1) is 0 Å². The average Bonchev–Trinajstić information content (AvgIpc) is 2.53. The van der Waals surface area contributed by atoms with Gasteiger partial charge in [0, 0.05) is 17.1 Å². The van der Waals surface area contributed by atoms with Gasteiger partial charge in [0.05, 0.1) is 10.5 Å². The molecule has 136 valence electrons. The topological polar surface area (TPSA) is 116 Å². The first kappa shape index (κ1) is 18.4. The minimum absolute atomic E-state index is 0.0747. The molecule has 9 heteroatoms. The zero-order valence-electron chi connectivity index (χ0n) is 13.7. The summed E-state index contributed by atoms with van der Waals surface area (Å²) in [6, 6.07) is 10.1. The van der Waals surface area contributed by atoms with E-state index in [9.17, 15) is 18.0 Å². The van der Waals surface area contributed by atoms with Crippen LogP contribution in [0, 0.1) is 0 Å². The van der Waals surface area contributed by atoms with Gasteiger partial charge in [0.15, 0.2) is 5.60 Å². The molecule has 0 fully saturated rings. The van der Waals surface area contributed by atoms with E-state index in [1.165, 1.54) is 31.2 Å². The van der Waals surface area contributed by atoms with Crippen LogP contribution in [0.3, 0.4) is 0 Å². The van der Waals surface area contributed by atoms with Gasteiger partial charge in [-0.25, -0.2) is 18.4 Å². The minimum atomic E-state index is -3.82. The van der Waals surface area contributed by atoms with Gasteiger partial charge in [0.1, 0.15) is 0 Å². The van der Waals surface area contributed by atoms with Crippen molar-refractivity contribution in [2.75, 3.05) is 5.32 Å². The fraction of sp³-hybridized carbons (Fsp3) is 0.176. The summed E-state index contributed by atoms with van der Waals surface area (Å²) in [5.74, 6) is -1.15. The van der Waals surface area contributed by atoms with Crippen LogP contribution in [0.25, 0.3) is 0 Å². The lowest BCUT2D eigenvalue weighted by molar-refractivity contribution is -0.134. The molecule has 0 radical (unpaired) electrons. The maximum Gasteiger partial charge on any atom is 0.339 e. The molecule has 0 aliphatic carbocycles. The molecule has 1 heterocycles. The van der Waals surface area contributed by atoms with Gasteiger partial charge in [0.2, 0.25) is 10.0 Å². The van der Waals surface area contributed by atoms with Crippen molar-refractivity contribution in [2.45, 2.75) is 23.8 Å². The third-order valence-corrected chi connectivity index (χ3v) is 5.22. The molecule has 3 N–H and O–H groups in total. The number of benzene rings is 2. The van der Waals surface area contributed by atoms with Crippen molar-refractivity contribution in [1.82, 2.24) is 0 Å². The van der Waals surface area contributed by atoms with Crippen LogP contribution in [0.5, 0.6) is 0 Å². The highest BCUT2D eigenvalue weighted by Crippen LogP contribution is 2.31. The summed E-state index contributed by atoms with van der Waals surface area (Å²) in [5, 5.41) is 8.11. The van der Waals surface area contributed by atoms with Crippen LogP contribution in [-0.4, -0.2) is 25.9 Å². The second-order valence-electron chi connectivity index (χ2n) is 6.12. The normalized spacial score (nSPS) is 19.4. The standard InChI is InChI=1S/C17H15ClN2O5S/c1-17(9-10-8-11(18)2-7-14(10)15(21)25-17)16(22)20-12-3-5-13(6-4-12)26(19,23)24/h2-8H,9H2,1H3,(H,20,22)(H2,19,23,24)/t17-/m0/s1. The molecular weight excluding hydrogens is 380 g/mol. The Morgan fingerprint density at radius 3 is 2.50 bits per heavy atom. The fourth-order valence-corrected chi connectivity index (χ4v) is 3.39. The summed E-state index contributed by atoms with van der Waals surface area (Å²) in [6.07, 6.45) is 0.162. The number of fused-ring (bicyclic) bond motifs is 1. The highest BCUT2D eigenvalue weighted by Gasteiger charge is 2.42. The zero-order valence-corrected chi connectivity index (χ0v) is 15.2. The predicted octanol–water partition coefficient (Wildman–Crippen LogP) is 2.10. The van der Waals surface area contributed by atoms with E-state index in [1.54, 1.807) is 18.2 Å². The Morgan fingerprint density at radius 1 is 1.23 bits per heavy atom. The van der Waals surface area contributed by atoms with E-state index < -0.39 is 27.5 Å². The number of primary sulfonamides is 1. The van der Waals surface area contributed by atoms with Crippen LogP contribution in [0.1, 0.15) is 22.8 Å². The molecule has 0 unspecified atom stereocenters. The van der Waals surface area contributed by atoms with Gasteiger partial charge < -0.3 is 10.1 Å². The van der Waals surface area contributed by atoms with Crippen LogP contribution < -0.4 is 10.5 Å². The molecule has 2 aromatic rings. The Bertz CT molecular complexity index is 1000. The largest absolute Gasteiger partial charge is 0.445 e. The van der Waals surface area contributed by atoms with Gasteiger partial charge in [-0.2, -0.15) is 0 Å². The van der Waals surface area contributed by atoms with Crippen molar-refractivity contribution < 1.29 is 22.7 Å². The Morgan fingerprint density at radius 2 is 1.88 bits per heavy atom. The summed E-state index contributed by atoms with van der Waals surface area (Å²) in [5.41, 5.74) is -0.0855. The van der Waals surface area contributed by atoms with Crippen LogP contribution >= 0.6 is 11.6 Å². The number of ether oxygens (including phenoxy) is 1. The number of nitrogens with one attached hydrogen (secondary N) is 1. The number of cyclic esters (lactones) is 1. The fourth-order valence-electron chi connectivity index (χ4n) is 2.68. The van der Waals surface area contributed by atoms with Crippen molar-refractivity contribution >= 4 is 39.2 Å². The number of amides is 1. The zero-order chi connectivity index (χ0) is 19.1. The second-order valence-corrected chi connectivity index (χ2v) is 8.12. The molecule has 0 spiro atoms. The summed E-state index contributed by atoms with van der Waals surface area (Å²) in [7, 11) is -3.82. The summed E-state index contributed by atoms with van der Waals surface area (Å²) in [6.45, 7) is 1.50. The quantitative estimate of drug-likeness (QED) is 0.773. The number of rotatable bonds is 3. The summed E-state index contributed by atoms with van der Waals surface area (Å²) >= 11 is 5.97. The minimum Gasteiger partial charge on any atom is -0.445 e. The summed E-state index contributed by atoms with van der Waals surface area (Å²) in [4.78, 5) is 24.8. The summed E-state index contributed by atoms with van der Waals surface area (Å²) < 4.78 is 27.9. The third-order valence-electron chi connectivity index (χ3n) is 4.05. The van der Waals surface area contributed by atoms with Crippen LogP contribution in [0.15, 0.2) is 47.4 Å². The third kappa shape index (κ3) is 3.57. The Balaban J connectivity index is 1.82. The number of nitrogens with two attached hydrogens (primary N) is 1. The first-order valence-corrected chi connectivity index (χ1v) is 9.47. The van der Waals surface area contributed by atoms with E-state index >= 15 is 0 Å². The van der Waals surface area contributed by atoms with Crippen LogP contribution in [0.2, 0.25) is 5.02 Å². The number of carbonyl (C=O) groups excluding carboxylic acids is 2. The smallest absolute Gasteiger partial charge is 0.339 e. The van der Waals surface area contributed by atoms with E-state index in [0.717, 1.165) is 0 Å². The lowest BCUT2D eigenvalue weighted by Crippen LogP contribution is -2.48. The molecule has 2 aromatic carbocycles. The number of hydrogen-bond donors (Lipinski definition) is 2. The SMILES string of the molecule is C[C@@]1(C(=O)Nc2ccc(S(N)(=O)=O)cc2)Cc2cc(Cl)ccc2C(=O)O1. The van der Waals surface area contributed by atoms with Crippen molar-refractivity contribution in [3.8, 4) is 0 Å². The molecule has 1 aliphatic rings. The number of halogens is 1. The second kappa shape index (κ2) is 6.39. The molecule has 1 atom stereocenters. The maximum atomic E-state index is 12.6. The molecule has 1 amide bonds. The lowest BCUT2D eigenvalue weighted by Gasteiger charge is -2.33. The molecule has 0 bridgehead atoms. The molecular formula is C17H15ClN2O5S. The van der Waals surface area contributed by atoms with E-state index in [1.807, 2.05) is 0 Å². The molecule has 0 aromatic heterocycles. The van der Waals surface area contributed by atoms with Crippen LogP contribution in [0.4, 0.5) is 5.69 Å². The van der Waals surface area contributed by atoms with Gasteiger partial charge in [-0.1, -0.05) is 11.6 Å².